The van der Waals surface area contributed by atoms with Crippen molar-refractivity contribution in [1.82, 2.24) is 24.4 Å². The molecular formula is C20H17BrF2N6O2. The van der Waals surface area contributed by atoms with Crippen LogP contribution in [0.5, 0.6) is 5.75 Å². The van der Waals surface area contributed by atoms with E-state index in [0.717, 1.165) is 10.0 Å². The van der Waals surface area contributed by atoms with Gasteiger partial charge < -0.3 is 10.1 Å². The molecule has 3 aromatic heterocycles. The van der Waals surface area contributed by atoms with Crippen LogP contribution in [0.25, 0.3) is 17.0 Å². The molecular weight excluding hydrogens is 474 g/mol. The molecule has 4 aromatic rings. The van der Waals surface area contributed by atoms with E-state index in [2.05, 4.69) is 41.2 Å². The number of halogens is 3. The zero-order chi connectivity index (χ0) is 22.1. The second-order valence-electron chi connectivity index (χ2n) is 6.64. The molecule has 1 aromatic carbocycles. The van der Waals surface area contributed by atoms with Gasteiger partial charge >= 0.3 is 6.61 Å². The summed E-state index contributed by atoms with van der Waals surface area (Å²) >= 11 is 3.50. The van der Waals surface area contributed by atoms with E-state index in [9.17, 15) is 13.6 Å². The third-order valence-electron chi connectivity index (χ3n) is 4.47. The molecule has 1 N–H and O–H groups in total. The van der Waals surface area contributed by atoms with E-state index in [4.69, 9.17) is 0 Å². The van der Waals surface area contributed by atoms with Crippen LogP contribution in [0.1, 0.15) is 23.0 Å². The highest BCUT2D eigenvalue weighted by molar-refractivity contribution is 9.10. The standard InChI is InChI=1S/C20H17BrF2N6O2/c1-3-28-10-12(21)18(27-28)15-6-7-24-17-9-14(26-29(15)17)19(30)25-13-8-11(2)4-5-16(13)31-20(22)23/h4-10,20H,3H2,1-2H3,(H,25,30). The number of carbonyl (C=O) groups excluding carboxylic acids is 1. The molecule has 0 aliphatic rings. The number of alkyl halides is 2. The summed E-state index contributed by atoms with van der Waals surface area (Å²) in [6.45, 7) is 1.43. The molecule has 0 atom stereocenters. The Morgan fingerprint density at radius 3 is 2.77 bits per heavy atom. The van der Waals surface area contributed by atoms with E-state index < -0.39 is 12.5 Å². The van der Waals surface area contributed by atoms with Crippen molar-refractivity contribution < 1.29 is 18.3 Å². The van der Waals surface area contributed by atoms with Crippen LogP contribution in [-0.4, -0.2) is 36.9 Å². The molecule has 8 nitrogen and oxygen atoms in total. The van der Waals surface area contributed by atoms with Crippen LogP contribution in [0.15, 0.2) is 47.2 Å². The fraction of sp³-hybridized carbons (Fsp3) is 0.200. The summed E-state index contributed by atoms with van der Waals surface area (Å²) in [7, 11) is 0. The van der Waals surface area contributed by atoms with Gasteiger partial charge in [0.05, 0.1) is 15.9 Å². The average Bonchev–Trinajstić information content (AvgIpc) is 3.33. The normalized spacial score (nSPS) is 11.3. The number of amides is 1. The van der Waals surface area contributed by atoms with E-state index in [-0.39, 0.29) is 17.1 Å². The predicted octanol–water partition coefficient (Wildman–Crippen LogP) is 4.54. The number of anilines is 1. The van der Waals surface area contributed by atoms with Crippen LogP contribution in [0, 0.1) is 6.92 Å². The molecule has 0 bridgehead atoms. The Labute approximate surface area is 184 Å². The van der Waals surface area contributed by atoms with Crippen LogP contribution in [0.2, 0.25) is 0 Å². The lowest BCUT2D eigenvalue weighted by Crippen LogP contribution is -2.15. The molecule has 31 heavy (non-hydrogen) atoms. The topological polar surface area (TPSA) is 86.3 Å². The van der Waals surface area contributed by atoms with Crippen molar-refractivity contribution in [3.8, 4) is 17.1 Å². The van der Waals surface area contributed by atoms with Gasteiger partial charge in [-0.05, 0) is 53.5 Å². The van der Waals surface area contributed by atoms with E-state index in [0.29, 0.717) is 23.6 Å². The quantitative estimate of drug-likeness (QED) is 0.428. The van der Waals surface area contributed by atoms with Crippen molar-refractivity contribution in [2.24, 2.45) is 0 Å². The van der Waals surface area contributed by atoms with Gasteiger partial charge in [0, 0.05) is 25.0 Å². The molecule has 0 saturated heterocycles. The third-order valence-corrected chi connectivity index (χ3v) is 5.05. The fourth-order valence-corrected chi connectivity index (χ4v) is 3.56. The molecule has 0 unspecified atom stereocenters. The molecule has 0 radical (unpaired) electrons. The van der Waals surface area contributed by atoms with Crippen molar-refractivity contribution in [3.63, 3.8) is 0 Å². The minimum absolute atomic E-state index is 0.0653. The van der Waals surface area contributed by atoms with Crippen LogP contribution in [0.3, 0.4) is 0 Å². The first kappa shape index (κ1) is 20.9. The fourth-order valence-electron chi connectivity index (χ4n) is 3.04. The number of aromatic nitrogens is 5. The largest absolute Gasteiger partial charge is 0.433 e. The van der Waals surface area contributed by atoms with E-state index in [1.807, 2.05) is 13.1 Å². The first-order chi connectivity index (χ1) is 14.9. The van der Waals surface area contributed by atoms with Gasteiger partial charge in [-0.25, -0.2) is 9.50 Å². The number of benzene rings is 1. The Hall–Kier alpha value is -3.34. The summed E-state index contributed by atoms with van der Waals surface area (Å²) in [6, 6.07) is 7.78. The Bertz CT molecular complexity index is 1270. The number of ether oxygens (including phenoxy) is 1. The second-order valence-corrected chi connectivity index (χ2v) is 7.50. The summed E-state index contributed by atoms with van der Waals surface area (Å²) in [5.41, 5.74) is 2.69. The van der Waals surface area contributed by atoms with E-state index in [1.165, 1.54) is 16.6 Å². The van der Waals surface area contributed by atoms with Gasteiger partial charge in [0.1, 0.15) is 11.4 Å². The molecule has 0 aliphatic carbocycles. The van der Waals surface area contributed by atoms with Crippen molar-refractivity contribution in [1.29, 1.82) is 0 Å². The van der Waals surface area contributed by atoms with Crippen LogP contribution in [-0.2, 0) is 6.54 Å². The first-order valence-corrected chi connectivity index (χ1v) is 10.1. The van der Waals surface area contributed by atoms with Crippen LogP contribution >= 0.6 is 15.9 Å². The predicted molar refractivity (Wildman–Crippen MR) is 113 cm³/mol. The molecule has 1 amide bonds. The molecule has 0 fully saturated rings. The second kappa shape index (κ2) is 8.42. The highest BCUT2D eigenvalue weighted by Gasteiger charge is 2.19. The van der Waals surface area contributed by atoms with Crippen molar-refractivity contribution in [2.75, 3.05) is 5.32 Å². The monoisotopic (exact) mass is 490 g/mol. The van der Waals surface area contributed by atoms with Crippen molar-refractivity contribution >= 4 is 33.2 Å². The number of nitrogens with zero attached hydrogens (tertiary/aromatic N) is 5. The molecule has 160 valence electrons. The summed E-state index contributed by atoms with van der Waals surface area (Å²) < 4.78 is 33.9. The Morgan fingerprint density at radius 1 is 1.26 bits per heavy atom. The van der Waals surface area contributed by atoms with Crippen molar-refractivity contribution in [3.05, 3.63) is 58.5 Å². The summed E-state index contributed by atoms with van der Waals surface area (Å²) in [6.07, 6.45) is 3.45. The van der Waals surface area contributed by atoms with Crippen molar-refractivity contribution in [2.45, 2.75) is 27.0 Å². The van der Waals surface area contributed by atoms with Gasteiger partial charge in [-0.1, -0.05) is 6.07 Å². The highest BCUT2D eigenvalue weighted by Crippen LogP contribution is 2.29. The maximum absolute atomic E-state index is 12.8. The van der Waals surface area contributed by atoms with E-state index in [1.54, 1.807) is 36.0 Å². The maximum atomic E-state index is 12.8. The zero-order valence-corrected chi connectivity index (χ0v) is 18.1. The zero-order valence-electron chi connectivity index (χ0n) is 16.5. The van der Waals surface area contributed by atoms with Gasteiger partial charge in [0.25, 0.3) is 5.91 Å². The number of fused-ring (bicyclic) bond motifs is 1. The Balaban J connectivity index is 1.69. The lowest BCUT2D eigenvalue weighted by molar-refractivity contribution is -0.0493. The van der Waals surface area contributed by atoms with Gasteiger partial charge in [0.2, 0.25) is 0 Å². The molecule has 11 heteroatoms. The van der Waals surface area contributed by atoms with Gasteiger partial charge in [-0.15, -0.1) is 0 Å². The van der Waals surface area contributed by atoms with Crippen LogP contribution in [0.4, 0.5) is 14.5 Å². The molecule has 3 heterocycles. The van der Waals surface area contributed by atoms with Gasteiger partial charge in [-0.2, -0.15) is 19.0 Å². The minimum Gasteiger partial charge on any atom is -0.433 e. The number of aryl methyl sites for hydroxylation is 2. The minimum atomic E-state index is -3.01. The lowest BCUT2D eigenvalue weighted by Gasteiger charge is -2.12. The number of nitrogens with one attached hydrogen (secondary N) is 1. The number of carbonyl (C=O) groups is 1. The van der Waals surface area contributed by atoms with E-state index >= 15 is 0 Å². The van der Waals surface area contributed by atoms with Crippen LogP contribution < -0.4 is 10.1 Å². The SMILES string of the molecule is CCn1cc(Br)c(-c2ccnc3cc(C(=O)Nc4cc(C)ccc4OC(F)F)nn23)n1. The molecule has 4 rings (SSSR count). The molecule has 0 aliphatic heterocycles. The van der Waals surface area contributed by atoms with Gasteiger partial charge in [-0.3, -0.25) is 9.48 Å². The summed E-state index contributed by atoms with van der Waals surface area (Å²) in [5.74, 6) is -0.718. The summed E-state index contributed by atoms with van der Waals surface area (Å²) in [5, 5.41) is 11.5. The number of hydrogen-bond donors (Lipinski definition) is 1. The highest BCUT2D eigenvalue weighted by atomic mass is 79.9. The average molecular weight is 491 g/mol. The summed E-state index contributed by atoms with van der Waals surface area (Å²) in [4.78, 5) is 17.1. The maximum Gasteiger partial charge on any atom is 0.387 e. The Morgan fingerprint density at radius 2 is 2.06 bits per heavy atom. The number of rotatable bonds is 6. The molecule has 0 spiro atoms. The third kappa shape index (κ3) is 4.26. The smallest absolute Gasteiger partial charge is 0.387 e. The Kier molecular flexibility index (Phi) is 5.68. The van der Waals surface area contributed by atoms with Gasteiger partial charge in [0.15, 0.2) is 11.3 Å². The molecule has 0 saturated carbocycles. The lowest BCUT2D eigenvalue weighted by atomic mass is 10.2. The number of hydrogen-bond acceptors (Lipinski definition) is 5. The first-order valence-electron chi connectivity index (χ1n) is 9.30.